The van der Waals surface area contributed by atoms with Crippen molar-refractivity contribution in [3.8, 4) is 6.07 Å². The maximum absolute atomic E-state index is 8.61. The van der Waals surface area contributed by atoms with Crippen molar-refractivity contribution >= 4 is 10.7 Å². The van der Waals surface area contributed by atoms with Gasteiger partial charge in [-0.25, -0.2) is 0 Å². The van der Waals surface area contributed by atoms with Gasteiger partial charge in [0.25, 0.3) is 0 Å². The topological polar surface area (TPSA) is 36.1 Å². The predicted molar refractivity (Wildman–Crippen MR) is 74.3 cm³/mol. The largest absolute Gasteiger partial charge is 0.254 e. The van der Waals surface area contributed by atoms with Gasteiger partial charge >= 0.3 is 0 Å². The second-order valence-electron chi connectivity index (χ2n) is 3.67. The summed E-state index contributed by atoms with van der Waals surface area (Å²) < 4.78 is 4.66. The molecule has 0 heterocycles. The van der Waals surface area contributed by atoms with Gasteiger partial charge in [0.1, 0.15) is 0 Å². The van der Waals surface area contributed by atoms with E-state index < -0.39 is 0 Å². The quantitative estimate of drug-likeness (QED) is 0.764. The predicted octanol–water partition coefficient (Wildman–Crippen LogP) is 3.82. The first-order valence-electron chi connectivity index (χ1n) is 5.81. The summed E-state index contributed by atoms with van der Waals surface area (Å²) >= 11 is 0. The van der Waals surface area contributed by atoms with Gasteiger partial charge in [0.05, 0.1) is 19.0 Å². The van der Waals surface area contributed by atoms with Crippen molar-refractivity contribution < 1.29 is 0 Å². The Morgan fingerprint density at radius 1 is 0.889 bits per heavy atom. The molecule has 0 aliphatic heterocycles. The maximum atomic E-state index is 8.61. The minimum Gasteiger partial charge on any atom is -0.254 e. The van der Waals surface area contributed by atoms with Crippen molar-refractivity contribution in [2.75, 3.05) is 6.54 Å². The molecule has 0 fully saturated rings. The van der Waals surface area contributed by atoms with Gasteiger partial charge in [-0.3, -0.25) is 4.36 Å². The molecule has 2 aromatic carbocycles. The number of hydrogen-bond donors (Lipinski definition) is 0. The van der Waals surface area contributed by atoms with Gasteiger partial charge in [-0.2, -0.15) is 5.26 Å². The molecule has 0 bridgehead atoms. The Labute approximate surface area is 110 Å². The lowest BCUT2D eigenvalue weighted by molar-refractivity contribution is 1.03. The summed E-state index contributed by atoms with van der Waals surface area (Å²) in [6.45, 7) is 0.587. The summed E-state index contributed by atoms with van der Waals surface area (Å²) in [7, 11) is -0.279. The van der Waals surface area contributed by atoms with Crippen LogP contribution in [0.1, 0.15) is 6.42 Å². The molecule has 0 aromatic heterocycles. The molecule has 0 saturated heterocycles. The molecule has 18 heavy (non-hydrogen) atoms. The Balaban J connectivity index is 2.36. The molecule has 0 aliphatic carbocycles. The number of hydrogen-bond acceptors (Lipinski definition) is 2. The summed E-state index contributed by atoms with van der Waals surface area (Å²) in [4.78, 5) is 2.39. The second kappa shape index (κ2) is 6.73. The van der Waals surface area contributed by atoms with Crippen LogP contribution in [-0.2, 0) is 10.7 Å². The van der Waals surface area contributed by atoms with Gasteiger partial charge in [-0.05, 0) is 35.0 Å². The van der Waals surface area contributed by atoms with Crippen molar-refractivity contribution in [2.45, 2.75) is 16.2 Å². The molecule has 0 N–H and O–H groups in total. The van der Waals surface area contributed by atoms with Crippen LogP contribution in [0.3, 0.4) is 0 Å². The molecule has 3 heteroatoms. The first kappa shape index (κ1) is 12.5. The van der Waals surface area contributed by atoms with E-state index in [1.54, 1.807) is 0 Å². The zero-order chi connectivity index (χ0) is 12.6. The zero-order valence-corrected chi connectivity index (χ0v) is 10.8. The molecule has 0 radical (unpaired) electrons. The number of benzene rings is 2. The van der Waals surface area contributed by atoms with E-state index in [1.807, 2.05) is 36.4 Å². The third-order valence-corrected chi connectivity index (χ3v) is 4.26. The van der Waals surface area contributed by atoms with E-state index >= 15 is 0 Å². The zero-order valence-electron chi connectivity index (χ0n) is 9.99. The standard InChI is InChI=1S/C15H14N2S/c16-12-7-13-17-18(14-8-3-1-4-9-14)15-10-5-2-6-11-15/h1-6,8-11H,7,13H2. The van der Waals surface area contributed by atoms with Gasteiger partial charge in [0.2, 0.25) is 0 Å². The summed E-state index contributed by atoms with van der Waals surface area (Å²) in [6.07, 6.45) is 0.475. The molecule has 2 rings (SSSR count). The van der Waals surface area contributed by atoms with Crippen LogP contribution in [0.2, 0.25) is 0 Å². The first-order chi connectivity index (χ1) is 8.92. The van der Waals surface area contributed by atoms with Crippen molar-refractivity contribution in [3.63, 3.8) is 0 Å². The fourth-order valence-electron chi connectivity index (χ4n) is 1.57. The second-order valence-corrected chi connectivity index (χ2v) is 5.44. The Hall–Kier alpha value is -1.92. The van der Waals surface area contributed by atoms with Gasteiger partial charge in [0.15, 0.2) is 0 Å². The lowest BCUT2D eigenvalue weighted by Crippen LogP contribution is -1.94. The van der Waals surface area contributed by atoms with Crippen LogP contribution in [0.4, 0.5) is 0 Å². The Morgan fingerprint density at radius 3 is 1.83 bits per heavy atom. The molecule has 0 atom stereocenters. The molecule has 2 nitrogen and oxygen atoms in total. The van der Waals surface area contributed by atoms with E-state index in [1.165, 1.54) is 9.79 Å². The highest BCUT2D eigenvalue weighted by atomic mass is 32.2. The lowest BCUT2D eigenvalue weighted by Gasteiger charge is -2.08. The maximum Gasteiger partial charge on any atom is 0.0641 e. The van der Waals surface area contributed by atoms with Crippen LogP contribution in [0.15, 0.2) is 74.8 Å². The van der Waals surface area contributed by atoms with Crippen molar-refractivity contribution in [2.24, 2.45) is 4.36 Å². The fraction of sp³-hybridized carbons (Fsp3) is 0.133. The SMILES string of the molecule is N#CCCN=S(c1ccccc1)c1ccccc1. The smallest absolute Gasteiger partial charge is 0.0641 e. The number of nitriles is 1. The Kier molecular flexibility index (Phi) is 4.68. The molecule has 0 amide bonds. The average molecular weight is 254 g/mol. The van der Waals surface area contributed by atoms with Crippen LogP contribution in [0.5, 0.6) is 0 Å². The van der Waals surface area contributed by atoms with Crippen LogP contribution in [0.25, 0.3) is 0 Å². The summed E-state index contributed by atoms with van der Waals surface area (Å²) in [6, 6.07) is 22.6. The Morgan fingerprint density at radius 2 is 1.39 bits per heavy atom. The molecule has 90 valence electrons. The average Bonchev–Trinajstić information content (AvgIpc) is 2.46. The minimum absolute atomic E-state index is 0.279. The third-order valence-electron chi connectivity index (χ3n) is 2.38. The van der Waals surface area contributed by atoms with E-state index in [2.05, 4.69) is 34.7 Å². The van der Waals surface area contributed by atoms with Gasteiger partial charge < -0.3 is 0 Å². The van der Waals surface area contributed by atoms with Gasteiger partial charge in [-0.15, -0.1) is 0 Å². The fourth-order valence-corrected chi connectivity index (χ4v) is 3.24. The summed E-state index contributed by atoms with van der Waals surface area (Å²) in [5, 5.41) is 8.61. The van der Waals surface area contributed by atoms with E-state index in [-0.39, 0.29) is 10.7 Å². The normalized spacial score (nSPS) is 10.0. The minimum atomic E-state index is -0.279. The van der Waals surface area contributed by atoms with Crippen molar-refractivity contribution in [3.05, 3.63) is 60.7 Å². The molecule has 0 saturated carbocycles. The highest BCUT2D eigenvalue weighted by Crippen LogP contribution is 2.18. The molecule has 0 aliphatic rings. The molecule has 0 spiro atoms. The van der Waals surface area contributed by atoms with E-state index in [9.17, 15) is 0 Å². The van der Waals surface area contributed by atoms with Gasteiger partial charge in [0, 0.05) is 9.79 Å². The van der Waals surface area contributed by atoms with Crippen molar-refractivity contribution in [1.82, 2.24) is 0 Å². The van der Waals surface area contributed by atoms with Crippen LogP contribution >= 0.6 is 0 Å². The highest BCUT2D eigenvalue weighted by Gasteiger charge is 2.03. The van der Waals surface area contributed by atoms with Crippen LogP contribution in [-0.4, -0.2) is 6.54 Å². The third kappa shape index (κ3) is 3.28. The number of nitrogens with zero attached hydrogens (tertiary/aromatic N) is 2. The highest BCUT2D eigenvalue weighted by molar-refractivity contribution is 7.87. The van der Waals surface area contributed by atoms with E-state index in [4.69, 9.17) is 5.26 Å². The van der Waals surface area contributed by atoms with E-state index in [0.717, 1.165) is 0 Å². The molecule has 0 unspecified atom stereocenters. The van der Waals surface area contributed by atoms with E-state index in [0.29, 0.717) is 13.0 Å². The van der Waals surface area contributed by atoms with Crippen LogP contribution < -0.4 is 0 Å². The summed E-state index contributed by atoms with van der Waals surface area (Å²) in [5.74, 6) is 0. The Bertz CT molecular complexity index is 515. The summed E-state index contributed by atoms with van der Waals surface area (Å²) in [5.41, 5.74) is 0. The molecule has 2 aromatic rings. The lowest BCUT2D eigenvalue weighted by atomic mass is 10.4. The monoisotopic (exact) mass is 254 g/mol. The number of rotatable bonds is 4. The first-order valence-corrected chi connectivity index (χ1v) is 6.99. The van der Waals surface area contributed by atoms with Gasteiger partial charge in [-0.1, -0.05) is 36.4 Å². The molecular formula is C15H14N2S. The molecular weight excluding hydrogens is 240 g/mol. The van der Waals surface area contributed by atoms with Crippen molar-refractivity contribution in [1.29, 1.82) is 5.26 Å². The van der Waals surface area contributed by atoms with Crippen LogP contribution in [0, 0.1) is 11.3 Å².